The Kier molecular flexibility index (Phi) is 4.45. The van der Waals surface area contributed by atoms with Gasteiger partial charge in [-0.15, -0.1) is 5.10 Å². The summed E-state index contributed by atoms with van der Waals surface area (Å²) in [6, 6.07) is 7.41. The lowest BCUT2D eigenvalue weighted by atomic mass is 9.96. The number of benzene rings is 1. The van der Waals surface area contributed by atoms with Gasteiger partial charge in [-0.2, -0.15) is 4.98 Å². The monoisotopic (exact) mass is 394 g/mol. The van der Waals surface area contributed by atoms with E-state index in [2.05, 4.69) is 31.3 Å². The Bertz CT molecular complexity index is 803. The van der Waals surface area contributed by atoms with Gasteiger partial charge in [0, 0.05) is 10.2 Å². The summed E-state index contributed by atoms with van der Waals surface area (Å²) in [5.74, 6) is 0.233. The summed E-state index contributed by atoms with van der Waals surface area (Å²) in [6.07, 6.45) is 1.91. The van der Waals surface area contributed by atoms with Crippen LogP contribution in [0.15, 0.2) is 45.2 Å². The largest absolute Gasteiger partial charge is 0.466 e. The van der Waals surface area contributed by atoms with Crippen molar-refractivity contribution in [1.82, 2.24) is 14.8 Å². The first-order valence-electron chi connectivity index (χ1n) is 6.87. The van der Waals surface area contributed by atoms with Crippen LogP contribution in [0.5, 0.6) is 0 Å². The predicted molar refractivity (Wildman–Crippen MR) is 92.4 cm³/mol. The van der Waals surface area contributed by atoms with Crippen LogP contribution in [0.2, 0.25) is 0 Å². The summed E-state index contributed by atoms with van der Waals surface area (Å²) in [5.41, 5.74) is 2.17. The highest BCUT2D eigenvalue weighted by molar-refractivity contribution is 9.10. The van der Waals surface area contributed by atoms with Crippen molar-refractivity contribution in [2.24, 2.45) is 0 Å². The number of hydrogen-bond acceptors (Lipinski definition) is 6. The molecule has 23 heavy (non-hydrogen) atoms. The summed E-state index contributed by atoms with van der Waals surface area (Å²) >= 11 is 4.93. The van der Waals surface area contributed by atoms with Crippen LogP contribution in [0.1, 0.15) is 18.5 Å². The lowest BCUT2D eigenvalue weighted by Gasteiger charge is -2.27. The van der Waals surface area contributed by atoms with E-state index in [1.54, 1.807) is 4.68 Å². The molecule has 6 nitrogen and oxygen atoms in total. The topological polar surface area (TPSA) is 69.0 Å². The summed E-state index contributed by atoms with van der Waals surface area (Å²) in [6.45, 7) is 1.84. The number of rotatable bonds is 3. The average Bonchev–Trinajstić information content (AvgIpc) is 2.95. The van der Waals surface area contributed by atoms with Crippen LogP contribution in [-0.4, -0.2) is 34.1 Å². The van der Waals surface area contributed by atoms with Gasteiger partial charge in [-0.25, -0.2) is 9.48 Å². The van der Waals surface area contributed by atoms with Gasteiger partial charge in [0.2, 0.25) is 11.1 Å². The SMILES string of the molecule is COC(=O)C1=C(C)Nc2nc(SC)nn2[C@H]1c1cccc(Br)c1. The highest BCUT2D eigenvalue weighted by Crippen LogP contribution is 2.37. The van der Waals surface area contributed by atoms with Gasteiger partial charge in [0.25, 0.3) is 0 Å². The molecule has 2 heterocycles. The molecule has 8 heteroatoms. The predicted octanol–water partition coefficient (Wildman–Crippen LogP) is 3.22. The van der Waals surface area contributed by atoms with Gasteiger partial charge in [-0.3, -0.25) is 0 Å². The minimum Gasteiger partial charge on any atom is -0.466 e. The van der Waals surface area contributed by atoms with Gasteiger partial charge in [0.15, 0.2) is 0 Å². The molecular weight excluding hydrogens is 380 g/mol. The van der Waals surface area contributed by atoms with Crippen molar-refractivity contribution in [3.63, 3.8) is 0 Å². The molecule has 0 unspecified atom stereocenters. The van der Waals surface area contributed by atoms with E-state index in [9.17, 15) is 4.79 Å². The minimum absolute atomic E-state index is 0.383. The Hall–Kier alpha value is -1.80. The maximum Gasteiger partial charge on any atom is 0.338 e. The zero-order valence-electron chi connectivity index (χ0n) is 12.8. The zero-order valence-corrected chi connectivity index (χ0v) is 15.2. The van der Waals surface area contributed by atoms with Crippen molar-refractivity contribution in [3.8, 4) is 0 Å². The maximum absolute atomic E-state index is 12.3. The van der Waals surface area contributed by atoms with Crippen molar-refractivity contribution in [3.05, 3.63) is 45.6 Å². The first kappa shape index (κ1) is 16.1. The van der Waals surface area contributed by atoms with E-state index < -0.39 is 0 Å². The number of anilines is 1. The fourth-order valence-electron chi connectivity index (χ4n) is 2.58. The van der Waals surface area contributed by atoms with E-state index in [1.807, 2.05) is 37.4 Å². The first-order chi connectivity index (χ1) is 11.0. The van der Waals surface area contributed by atoms with Crippen molar-refractivity contribution >= 4 is 39.6 Å². The van der Waals surface area contributed by atoms with Gasteiger partial charge in [0.1, 0.15) is 6.04 Å². The van der Waals surface area contributed by atoms with Crippen LogP contribution < -0.4 is 5.32 Å². The molecule has 2 aromatic rings. The fourth-order valence-corrected chi connectivity index (χ4v) is 3.34. The van der Waals surface area contributed by atoms with E-state index >= 15 is 0 Å². The number of carbonyl (C=O) groups is 1. The summed E-state index contributed by atoms with van der Waals surface area (Å²) in [4.78, 5) is 16.8. The normalized spacial score (nSPS) is 16.8. The van der Waals surface area contributed by atoms with Gasteiger partial charge in [0.05, 0.1) is 12.7 Å². The number of nitrogens with zero attached hydrogens (tertiary/aromatic N) is 3. The number of esters is 1. The highest BCUT2D eigenvalue weighted by atomic mass is 79.9. The number of carbonyl (C=O) groups excluding carboxylic acids is 1. The van der Waals surface area contributed by atoms with Crippen LogP contribution in [0.4, 0.5) is 5.95 Å². The Morgan fingerprint density at radius 3 is 2.91 bits per heavy atom. The molecule has 0 saturated carbocycles. The molecule has 1 atom stereocenters. The first-order valence-corrected chi connectivity index (χ1v) is 8.89. The van der Waals surface area contributed by atoms with E-state index in [0.717, 1.165) is 15.7 Å². The van der Waals surface area contributed by atoms with Crippen LogP contribution in [0.25, 0.3) is 0 Å². The number of nitrogens with one attached hydrogen (secondary N) is 1. The fraction of sp³-hybridized carbons (Fsp3) is 0.267. The van der Waals surface area contributed by atoms with E-state index in [1.165, 1.54) is 18.9 Å². The van der Waals surface area contributed by atoms with Crippen LogP contribution in [0.3, 0.4) is 0 Å². The quantitative estimate of drug-likeness (QED) is 0.636. The molecule has 1 aliphatic heterocycles. The molecule has 1 aliphatic rings. The van der Waals surface area contributed by atoms with E-state index in [-0.39, 0.29) is 12.0 Å². The molecule has 0 aliphatic carbocycles. The summed E-state index contributed by atoms with van der Waals surface area (Å²) in [7, 11) is 1.38. The van der Waals surface area contributed by atoms with Crippen LogP contribution in [-0.2, 0) is 9.53 Å². The molecular formula is C15H15BrN4O2S. The number of ether oxygens (including phenoxy) is 1. The van der Waals surface area contributed by atoms with Crippen molar-refractivity contribution in [1.29, 1.82) is 0 Å². The molecule has 1 N–H and O–H groups in total. The number of halogens is 1. The molecule has 0 amide bonds. The maximum atomic E-state index is 12.3. The second-order valence-corrected chi connectivity index (χ2v) is 6.67. The molecule has 3 rings (SSSR count). The lowest BCUT2D eigenvalue weighted by molar-refractivity contribution is -0.136. The molecule has 1 aromatic heterocycles. The van der Waals surface area contributed by atoms with Crippen molar-refractivity contribution < 1.29 is 9.53 Å². The van der Waals surface area contributed by atoms with Crippen LogP contribution >= 0.6 is 27.7 Å². The van der Waals surface area contributed by atoms with E-state index in [4.69, 9.17) is 4.74 Å². The molecule has 0 fully saturated rings. The second-order valence-electron chi connectivity index (χ2n) is 4.98. The zero-order chi connectivity index (χ0) is 16.6. The summed E-state index contributed by atoms with van der Waals surface area (Å²) < 4.78 is 7.64. The minimum atomic E-state index is -0.385. The number of aromatic nitrogens is 3. The Balaban J connectivity index is 2.21. The molecule has 0 bridgehead atoms. The Morgan fingerprint density at radius 2 is 2.26 bits per heavy atom. The van der Waals surface area contributed by atoms with Gasteiger partial charge in [-0.05, 0) is 30.9 Å². The third kappa shape index (κ3) is 2.88. The molecule has 0 spiro atoms. The number of allylic oxidation sites excluding steroid dienone is 1. The Labute approximate surface area is 146 Å². The molecule has 120 valence electrons. The molecule has 1 aromatic carbocycles. The van der Waals surface area contributed by atoms with Gasteiger partial charge in [-0.1, -0.05) is 39.8 Å². The number of fused-ring (bicyclic) bond motifs is 1. The second kappa shape index (κ2) is 6.37. The highest BCUT2D eigenvalue weighted by Gasteiger charge is 2.34. The molecule has 0 saturated heterocycles. The lowest BCUT2D eigenvalue weighted by Crippen LogP contribution is -2.29. The third-order valence-corrected chi connectivity index (χ3v) is 4.62. The van der Waals surface area contributed by atoms with E-state index in [0.29, 0.717) is 16.7 Å². The Morgan fingerprint density at radius 1 is 1.48 bits per heavy atom. The number of hydrogen-bond donors (Lipinski definition) is 1. The third-order valence-electron chi connectivity index (χ3n) is 3.59. The number of thioether (sulfide) groups is 1. The standard InChI is InChI=1S/C15H15BrN4O2S/c1-8-11(13(21)22-2)12(9-5-4-6-10(16)7-9)20-14(17-8)18-15(19-20)23-3/h4-7,12H,1-3H3,(H,17,18,19)/t12-/m0/s1. The van der Waals surface area contributed by atoms with Gasteiger partial charge >= 0.3 is 5.97 Å². The smallest absolute Gasteiger partial charge is 0.338 e. The van der Waals surface area contributed by atoms with Crippen molar-refractivity contribution in [2.75, 3.05) is 18.7 Å². The molecule has 0 radical (unpaired) electrons. The average molecular weight is 395 g/mol. The van der Waals surface area contributed by atoms with Gasteiger partial charge < -0.3 is 10.1 Å². The van der Waals surface area contributed by atoms with Crippen molar-refractivity contribution in [2.45, 2.75) is 18.1 Å². The summed E-state index contributed by atoms with van der Waals surface area (Å²) in [5, 5.41) is 8.29. The number of methoxy groups -OCH3 is 1. The van der Waals surface area contributed by atoms with Crippen LogP contribution in [0, 0.1) is 0 Å².